The Balaban J connectivity index is 1.73. The van der Waals surface area contributed by atoms with Gasteiger partial charge in [-0.15, -0.1) is 13.2 Å². The second-order valence-corrected chi connectivity index (χ2v) is 5.84. The molecule has 0 aliphatic rings. The van der Waals surface area contributed by atoms with E-state index in [2.05, 4.69) is 15.0 Å². The van der Waals surface area contributed by atoms with Gasteiger partial charge in [0.05, 0.1) is 16.9 Å². The molecule has 0 atom stereocenters. The number of anilines is 2. The smallest absolute Gasteiger partial charge is 0.404 e. The molecule has 0 saturated carbocycles. The summed E-state index contributed by atoms with van der Waals surface area (Å²) in [4.78, 5) is 16.3. The molecule has 0 fully saturated rings. The molecule has 0 saturated heterocycles. The van der Waals surface area contributed by atoms with Crippen LogP contribution in [0.1, 0.15) is 10.4 Å². The van der Waals surface area contributed by atoms with Gasteiger partial charge in [-0.3, -0.25) is 9.78 Å². The molecule has 0 radical (unpaired) electrons. The first-order valence-electron chi connectivity index (χ1n) is 8.00. The molecule has 0 unspecified atom stereocenters. The van der Waals surface area contributed by atoms with Crippen molar-refractivity contribution < 1.29 is 31.5 Å². The van der Waals surface area contributed by atoms with Crippen LogP contribution in [-0.2, 0) is 0 Å². The Kier molecular flexibility index (Phi) is 5.35. The van der Waals surface area contributed by atoms with Gasteiger partial charge in [-0.25, -0.2) is 8.78 Å². The van der Waals surface area contributed by atoms with Gasteiger partial charge in [-0.05, 0) is 42.5 Å². The van der Waals surface area contributed by atoms with Crippen LogP contribution in [0.2, 0.25) is 0 Å². The van der Waals surface area contributed by atoms with Crippen LogP contribution < -0.4 is 15.8 Å². The number of pyridine rings is 1. The second-order valence-electron chi connectivity index (χ2n) is 5.84. The molecule has 5 nitrogen and oxygen atoms in total. The Morgan fingerprint density at radius 1 is 1.00 bits per heavy atom. The number of carbonyl (C=O) groups excluding carboxylic acids is 1. The van der Waals surface area contributed by atoms with Crippen LogP contribution in [0.15, 0.2) is 54.7 Å². The fourth-order valence-electron chi connectivity index (χ4n) is 2.45. The Labute approximate surface area is 160 Å². The number of nitrogens with zero attached hydrogens (tertiary/aromatic N) is 1. The molecule has 2 aromatic carbocycles. The van der Waals surface area contributed by atoms with Crippen molar-refractivity contribution in [3.05, 3.63) is 71.9 Å². The highest BCUT2D eigenvalue weighted by Crippen LogP contribution is 2.30. The van der Waals surface area contributed by atoms with Crippen molar-refractivity contribution in [3.8, 4) is 17.0 Å². The van der Waals surface area contributed by atoms with Gasteiger partial charge in [0.25, 0.3) is 5.91 Å². The standard InChI is InChI=1S/C19H12F5N3O2/c20-12-5-11(6-13(21)7-12)16-3-1-10(9-26-16)18(28)27-14-2-4-17(15(25)8-14)29-19(22,23)24/h1-9H,25H2,(H,27,28). The molecule has 150 valence electrons. The topological polar surface area (TPSA) is 77.2 Å². The molecule has 1 heterocycles. The molecule has 29 heavy (non-hydrogen) atoms. The predicted molar refractivity (Wildman–Crippen MR) is 95.1 cm³/mol. The number of halogens is 5. The molecule has 0 bridgehead atoms. The first-order valence-corrected chi connectivity index (χ1v) is 8.00. The highest BCUT2D eigenvalue weighted by molar-refractivity contribution is 6.04. The molecular formula is C19H12F5N3O2. The average molecular weight is 409 g/mol. The number of nitrogens with one attached hydrogen (secondary N) is 1. The van der Waals surface area contributed by atoms with Crippen LogP contribution in [0.4, 0.5) is 33.3 Å². The van der Waals surface area contributed by atoms with E-state index in [9.17, 15) is 26.7 Å². The van der Waals surface area contributed by atoms with Gasteiger partial charge in [-0.1, -0.05) is 0 Å². The number of aromatic nitrogens is 1. The number of benzene rings is 2. The lowest BCUT2D eigenvalue weighted by atomic mass is 10.1. The summed E-state index contributed by atoms with van der Waals surface area (Å²) in [6.45, 7) is 0. The zero-order valence-corrected chi connectivity index (χ0v) is 14.4. The lowest BCUT2D eigenvalue weighted by Gasteiger charge is -2.12. The van der Waals surface area contributed by atoms with Crippen molar-refractivity contribution in [1.82, 2.24) is 4.98 Å². The summed E-state index contributed by atoms with van der Waals surface area (Å²) in [6.07, 6.45) is -3.70. The van der Waals surface area contributed by atoms with E-state index >= 15 is 0 Å². The van der Waals surface area contributed by atoms with Gasteiger partial charge < -0.3 is 15.8 Å². The largest absolute Gasteiger partial charge is 0.573 e. The lowest BCUT2D eigenvalue weighted by molar-refractivity contribution is -0.274. The van der Waals surface area contributed by atoms with E-state index in [1.54, 1.807) is 0 Å². The van der Waals surface area contributed by atoms with E-state index in [-0.39, 0.29) is 28.2 Å². The third-order valence-electron chi connectivity index (χ3n) is 3.68. The molecule has 1 aromatic heterocycles. The van der Waals surface area contributed by atoms with Crippen molar-refractivity contribution in [3.63, 3.8) is 0 Å². The summed E-state index contributed by atoms with van der Waals surface area (Å²) in [5.41, 5.74) is 5.88. The zero-order valence-electron chi connectivity index (χ0n) is 14.4. The van der Waals surface area contributed by atoms with Crippen molar-refractivity contribution >= 4 is 17.3 Å². The fraction of sp³-hybridized carbons (Fsp3) is 0.0526. The first-order chi connectivity index (χ1) is 13.6. The van der Waals surface area contributed by atoms with E-state index in [0.29, 0.717) is 0 Å². The molecule has 0 spiro atoms. The molecule has 0 aliphatic heterocycles. The monoisotopic (exact) mass is 409 g/mol. The number of nitrogens with two attached hydrogens (primary N) is 1. The average Bonchev–Trinajstić information content (AvgIpc) is 2.62. The lowest BCUT2D eigenvalue weighted by Crippen LogP contribution is -2.18. The van der Waals surface area contributed by atoms with Crippen molar-refractivity contribution in [2.24, 2.45) is 0 Å². The minimum atomic E-state index is -4.89. The van der Waals surface area contributed by atoms with E-state index < -0.39 is 29.7 Å². The van der Waals surface area contributed by atoms with Gasteiger partial charge in [0.15, 0.2) is 5.75 Å². The SMILES string of the molecule is Nc1cc(NC(=O)c2ccc(-c3cc(F)cc(F)c3)nc2)ccc1OC(F)(F)F. The number of hydrogen-bond donors (Lipinski definition) is 2. The van der Waals surface area contributed by atoms with Crippen molar-refractivity contribution in [2.75, 3.05) is 11.1 Å². The van der Waals surface area contributed by atoms with Crippen molar-refractivity contribution in [2.45, 2.75) is 6.36 Å². The summed E-state index contributed by atoms with van der Waals surface area (Å²) in [5.74, 6) is -2.74. The maximum atomic E-state index is 13.3. The second kappa shape index (κ2) is 7.74. The maximum absolute atomic E-state index is 13.3. The summed E-state index contributed by atoms with van der Waals surface area (Å²) in [7, 11) is 0. The number of alkyl halides is 3. The van der Waals surface area contributed by atoms with Gasteiger partial charge in [0.2, 0.25) is 0 Å². The number of rotatable bonds is 4. The normalized spacial score (nSPS) is 11.2. The van der Waals surface area contributed by atoms with Gasteiger partial charge in [0.1, 0.15) is 11.6 Å². The molecule has 3 aromatic rings. The Morgan fingerprint density at radius 3 is 2.24 bits per heavy atom. The Bertz CT molecular complexity index is 1030. The highest BCUT2D eigenvalue weighted by atomic mass is 19.4. The number of ether oxygens (including phenoxy) is 1. The number of nitrogen functional groups attached to an aromatic ring is 1. The van der Waals surface area contributed by atoms with Crippen LogP contribution in [0.25, 0.3) is 11.3 Å². The molecular weight excluding hydrogens is 397 g/mol. The summed E-state index contributed by atoms with van der Waals surface area (Å²) < 4.78 is 67.1. The summed E-state index contributed by atoms with van der Waals surface area (Å²) in [5, 5.41) is 2.45. The minimum absolute atomic E-state index is 0.111. The van der Waals surface area contributed by atoms with Gasteiger partial charge in [0, 0.05) is 23.5 Å². The van der Waals surface area contributed by atoms with Crippen LogP contribution >= 0.6 is 0 Å². The van der Waals surface area contributed by atoms with Gasteiger partial charge >= 0.3 is 6.36 Å². The molecule has 3 rings (SSSR count). The molecule has 10 heteroatoms. The predicted octanol–water partition coefficient (Wildman–Crippen LogP) is 4.76. The Morgan fingerprint density at radius 2 is 1.69 bits per heavy atom. The summed E-state index contributed by atoms with van der Waals surface area (Å²) in [6, 6.07) is 8.96. The quantitative estimate of drug-likeness (QED) is 0.481. The third-order valence-corrected chi connectivity index (χ3v) is 3.68. The van der Waals surface area contributed by atoms with Crippen LogP contribution in [0.5, 0.6) is 5.75 Å². The zero-order chi connectivity index (χ0) is 21.2. The Hall–Kier alpha value is -3.69. The number of carbonyl (C=O) groups is 1. The van der Waals surface area contributed by atoms with Crippen molar-refractivity contribution in [1.29, 1.82) is 0 Å². The van der Waals surface area contributed by atoms with E-state index in [0.717, 1.165) is 30.3 Å². The van der Waals surface area contributed by atoms with Gasteiger partial charge in [-0.2, -0.15) is 0 Å². The van der Waals surface area contributed by atoms with Crippen LogP contribution in [0.3, 0.4) is 0 Å². The van der Waals surface area contributed by atoms with Crippen LogP contribution in [0, 0.1) is 11.6 Å². The maximum Gasteiger partial charge on any atom is 0.573 e. The summed E-state index contributed by atoms with van der Waals surface area (Å²) >= 11 is 0. The van der Waals surface area contributed by atoms with E-state index in [4.69, 9.17) is 5.73 Å². The van der Waals surface area contributed by atoms with E-state index in [1.165, 1.54) is 24.4 Å². The molecule has 1 amide bonds. The highest BCUT2D eigenvalue weighted by Gasteiger charge is 2.32. The molecule has 0 aliphatic carbocycles. The minimum Gasteiger partial charge on any atom is -0.404 e. The first kappa shape index (κ1) is 20.1. The number of amides is 1. The fourth-order valence-corrected chi connectivity index (χ4v) is 2.45. The third kappa shape index (κ3) is 5.18. The van der Waals surface area contributed by atoms with E-state index in [1.807, 2.05) is 0 Å². The number of hydrogen-bond acceptors (Lipinski definition) is 4. The molecule has 3 N–H and O–H groups in total. The van der Waals surface area contributed by atoms with Crippen LogP contribution in [-0.4, -0.2) is 17.3 Å².